The van der Waals surface area contributed by atoms with Crippen LogP contribution >= 0.6 is 11.6 Å². The molecule has 0 aromatic heterocycles. The zero-order valence-corrected chi connectivity index (χ0v) is 13.2. The second-order valence-corrected chi connectivity index (χ2v) is 5.65. The fraction of sp³-hybridized carbons (Fsp3) is 0.333. The summed E-state index contributed by atoms with van der Waals surface area (Å²) in [6, 6.07) is 15.1. The van der Waals surface area contributed by atoms with Crippen molar-refractivity contribution in [2.45, 2.75) is 33.2 Å². The molecule has 0 bridgehead atoms. The van der Waals surface area contributed by atoms with Gasteiger partial charge in [-0.2, -0.15) is 0 Å². The number of aryl methyl sites for hydroxylation is 2. The average Bonchev–Trinajstić information content (AvgIpc) is 2.45. The largest absolute Gasteiger partial charge is 0.306 e. The van der Waals surface area contributed by atoms with Crippen LogP contribution in [0.25, 0.3) is 0 Å². The molecule has 1 unspecified atom stereocenters. The topological polar surface area (TPSA) is 12.0 Å². The summed E-state index contributed by atoms with van der Waals surface area (Å²) in [5.74, 6) is 0. The Hall–Kier alpha value is -1.31. The summed E-state index contributed by atoms with van der Waals surface area (Å²) in [5.41, 5.74) is 4.82. The van der Waals surface area contributed by atoms with Gasteiger partial charge in [0, 0.05) is 5.02 Å². The van der Waals surface area contributed by atoms with Crippen molar-refractivity contribution < 1.29 is 0 Å². The molecule has 0 saturated heterocycles. The zero-order chi connectivity index (χ0) is 14.5. The third-order valence-electron chi connectivity index (χ3n) is 3.54. The van der Waals surface area contributed by atoms with Crippen LogP contribution in [-0.4, -0.2) is 6.54 Å². The highest BCUT2D eigenvalue weighted by Crippen LogP contribution is 2.30. The Morgan fingerprint density at radius 2 is 1.75 bits per heavy atom. The minimum atomic E-state index is 0.156. The highest BCUT2D eigenvalue weighted by molar-refractivity contribution is 6.32. The van der Waals surface area contributed by atoms with Crippen molar-refractivity contribution in [3.05, 3.63) is 69.7 Å². The SMILES string of the molecule is CCCNC(c1ccc(C)cc1)c1cccc(C)c1Cl. The Bertz CT molecular complexity index is 560. The van der Waals surface area contributed by atoms with Gasteiger partial charge in [-0.25, -0.2) is 0 Å². The normalized spacial score (nSPS) is 12.4. The molecule has 0 aliphatic heterocycles. The molecule has 0 radical (unpaired) electrons. The number of hydrogen-bond acceptors (Lipinski definition) is 1. The van der Waals surface area contributed by atoms with Gasteiger partial charge in [-0.05, 0) is 43.5 Å². The summed E-state index contributed by atoms with van der Waals surface area (Å²) in [6.45, 7) is 7.32. The maximum absolute atomic E-state index is 6.51. The molecule has 0 heterocycles. The molecule has 1 nitrogen and oxygen atoms in total. The van der Waals surface area contributed by atoms with Gasteiger partial charge >= 0.3 is 0 Å². The molecule has 2 aromatic rings. The molecule has 2 rings (SSSR count). The first-order valence-electron chi connectivity index (χ1n) is 7.18. The van der Waals surface area contributed by atoms with Gasteiger partial charge in [0.05, 0.1) is 6.04 Å². The number of rotatable bonds is 5. The lowest BCUT2D eigenvalue weighted by Crippen LogP contribution is -2.23. The summed E-state index contributed by atoms with van der Waals surface area (Å²) in [4.78, 5) is 0. The van der Waals surface area contributed by atoms with E-state index in [1.165, 1.54) is 11.1 Å². The minimum Gasteiger partial charge on any atom is -0.306 e. The Morgan fingerprint density at radius 1 is 1.05 bits per heavy atom. The van der Waals surface area contributed by atoms with E-state index in [1.54, 1.807) is 0 Å². The first-order chi connectivity index (χ1) is 9.63. The molecule has 0 aliphatic carbocycles. The lowest BCUT2D eigenvalue weighted by atomic mass is 9.96. The summed E-state index contributed by atoms with van der Waals surface area (Å²) >= 11 is 6.51. The molecule has 1 N–H and O–H groups in total. The smallest absolute Gasteiger partial charge is 0.0591 e. The number of benzene rings is 2. The minimum absolute atomic E-state index is 0.156. The summed E-state index contributed by atoms with van der Waals surface area (Å²) in [6.07, 6.45) is 1.10. The van der Waals surface area contributed by atoms with Crippen LogP contribution in [0.15, 0.2) is 42.5 Å². The average molecular weight is 288 g/mol. The monoisotopic (exact) mass is 287 g/mol. The first kappa shape index (κ1) is 15.1. The standard InChI is InChI=1S/C18H22ClN/c1-4-12-20-18(15-10-8-13(2)9-11-15)16-7-5-6-14(3)17(16)19/h5-11,18,20H,4,12H2,1-3H3. The van der Waals surface area contributed by atoms with Gasteiger partial charge in [0.15, 0.2) is 0 Å². The van der Waals surface area contributed by atoms with Crippen molar-refractivity contribution in [2.75, 3.05) is 6.54 Å². The Kier molecular flexibility index (Phi) is 5.22. The third-order valence-corrected chi connectivity index (χ3v) is 4.06. The highest BCUT2D eigenvalue weighted by Gasteiger charge is 2.16. The predicted molar refractivity (Wildman–Crippen MR) is 87.5 cm³/mol. The fourth-order valence-corrected chi connectivity index (χ4v) is 2.58. The van der Waals surface area contributed by atoms with Gasteiger partial charge in [-0.3, -0.25) is 0 Å². The lowest BCUT2D eigenvalue weighted by molar-refractivity contribution is 0.598. The van der Waals surface area contributed by atoms with Gasteiger partial charge in [0.2, 0.25) is 0 Å². The molecule has 2 aromatic carbocycles. The van der Waals surface area contributed by atoms with Gasteiger partial charge in [0.1, 0.15) is 0 Å². The predicted octanol–water partition coefficient (Wildman–Crippen LogP) is 5.05. The van der Waals surface area contributed by atoms with Crippen LogP contribution in [0.3, 0.4) is 0 Å². The molecule has 106 valence electrons. The molecule has 1 atom stereocenters. The second-order valence-electron chi connectivity index (χ2n) is 5.28. The van der Waals surface area contributed by atoms with E-state index in [1.807, 2.05) is 0 Å². The molecule has 0 aliphatic rings. The van der Waals surface area contributed by atoms with Crippen LogP contribution in [-0.2, 0) is 0 Å². The van der Waals surface area contributed by atoms with Gasteiger partial charge in [-0.15, -0.1) is 0 Å². The molecule has 0 spiro atoms. The van der Waals surface area contributed by atoms with Crippen molar-refractivity contribution in [2.24, 2.45) is 0 Å². The van der Waals surface area contributed by atoms with Gasteiger partial charge in [0.25, 0.3) is 0 Å². The quantitative estimate of drug-likeness (QED) is 0.812. The molecule has 0 fully saturated rings. The van der Waals surface area contributed by atoms with E-state index in [9.17, 15) is 0 Å². The van der Waals surface area contributed by atoms with Crippen molar-refractivity contribution in [3.8, 4) is 0 Å². The van der Waals surface area contributed by atoms with E-state index in [4.69, 9.17) is 11.6 Å². The molecule has 0 saturated carbocycles. The van der Waals surface area contributed by atoms with Crippen LogP contribution in [0.5, 0.6) is 0 Å². The van der Waals surface area contributed by atoms with E-state index in [2.05, 4.69) is 68.6 Å². The van der Waals surface area contributed by atoms with Crippen molar-refractivity contribution in [1.82, 2.24) is 5.32 Å². The van der Waals surface area contributed by atoms with Crippen molar-refractivity contribution in [1.29, 1.82) is 0 Å². The van der Waals surface area contributed by atoms with Crippen LogP contribution in [0, 0.1) is 13.8 Å². The van der Waals surface area contributed by atoms with E-state index in [0.717, 1.165) is 29.1 Å². The third kappa shape index (κ3) is 3.41. The molecule has 20 heavy (non-hydrogen) atoms. The van der Waals surface area contributed by atoms with Crippen LogP contribution < -0.4 is 5.32 Å². The molecule has 2 heteroatoms. The van der Waals surface area contributed by atoms with Crippen LogP contribution in [0.2, 0.25) is 5.02 Å². The Morgan fingerprint density at radius 3 is 2.40 bits per heavy atom. The molecular formula is C18H22ClN. The van der Waals surface area contributed by atoms with Gasteiger partial charge < -0.3 is 5.32 Å². The van der Waals surface area contributed by atoms with Crippen molar-refractivity contribution >= 4 is 11.6 Å². The lowest BCUT2D eigenvalue weighted by Gasteiger charge is -2.21. The Labute approximate surface area is 127 Å². The first-order valence-corrected chi connectivity index (χ1v) is 7.56. The van der Waals surface area contributed by atoms with Crippen molar-refractivity contribution in [3.63, 3.8) is 0 Å². The van der Waals surface area contributed by atoms with E-state index in [0.29, 0.717) is 0 Å². The summed E-state index contributed by atoms with van der Waals surface area (Å²) in [7, 11) is 0. The van der Waals surface area contributed by atoms with Crippen LogP contribution in [0.4, 0.5) is 0 Å². The number of halogens is 1. The number of hydrogen-bond donors (Lipinski definition) is 1. The summed E-state index contributed by atoms with van der Waals surface area (Å²) < 4.78 is 0. The second kappa shape index (κ2) is 6.92. The highest BCUT2D eigenvalue weighted by atomic mass is 35.5. The van der Waals surface area contributed by atoms with E-state index >= 15 is 0 Å². The van der Waals surface area contributed by atoms with E-state index in [-0.39, 0.29) is 6.04 Å². The Balaban J connectivity index is 2.41. The summed E-state index contributed by atoms with van der Waals surface area (Å²) in [5, 5.41) is 4.47. The molecular weight excluding hydrogens is 266 g/mol. The maximum Gasteiger partial charge on any atom is 0.0591 e. The zero-order valence-electron chi connectivity index (χ0n) is 12.4. The maximum atomic E-state index is 6.51. The van der Waals surface area contributed by atoms with E-state index < -0.39 is 0 Å². The van der Waals surface area contributed by atoms with Gasteiger partial charge in [-0.1, -0.05) is 66.6 Å². The molecule has 0 amide bonds. The fourth-order valence-electron chi connectivity index (χ4n) is 2.35. The number of nitrogens with one attached hydrogen (secondary N) is 1. The van der Waals surface area contributed by atoms with Crippen LogP contribution in [0.1, 0.15) is 41.6 Å².